The van der Waals surface area contributed by atoms with Crippen LogP contribution in [0.3, 0.4) is 0 Å². The van der Waals surface area contributed by atoms with Crippen LogP contribution in [-0.4, -0.2) is 47.4 Å². The van der Waals surface area contributed by atoms with Crippen molar-refractivity contribution < 1.29 is 24.5 Å². The van der Waals surface area contributed by atoms with Gasteiger partial charge in [-0.05, 0) is 51.4 Å². The summed E-state index contributed by atoms with van der Waals surface area (Å²) in [6.07, 6.45) is 64.9. The Morgan fingerprint density at radius 2 is 0.723 bits per heavy atom. The number of hydrogen-bond donors (Lipinski definition) is 3. The van der Waals surface area contributed by atoms with Crippen LogP contribution in [0.4, 0.5) is 0 Å². The first-order chi connectivity index (χ1) is 32.0. The van der Waals surface area contributed by atoms with Gasteiger partial charge >= 0.3 is 5.97 Å². The molecule has 0 spiro atoms. The summed E-state index contributed by atoms with van der Waals surface area (Å²) in [5, 5.41) is 23.3. The van der Waals surface area contributed by atoms with Crippen LogP contribution < -0.4 is 5.32 Å². The molecular weight excluding hydrogens is 803 g/mol. The second-order valence-corrected chi connectivity index (χ2v) is 20.3. The molecule has 0 aliphatic rings. The maximum Gasteiger partial charge on any atom is 0.305 e. The Morgan fingerprint density at radius 1 is 0.415 bits per heavy atom. The van der Waals surface area contributed by atoms with Crippen molar-refractivity contribution in [2.45, 2.75) is 341 Å². The van der Waals surface area contributed by atoms with Crippen molar-refractivity contribution in [2.24, 2.45) is 0 Å². The molecular formula is C59H115NO5. The van der Waals surface area contributed by atoms with Crippen molar-refractivity contribution in [2.75, 3.05) is 13.2 Å². The van der Waals surface area contributed by atoms with E-state index in [9.17, 15) is 19.8 Å². The second-order valence-electron chi connectivity index (χ2n) is 20.3. The van der Waals surface area contributed by atoms with Crippen LogP contribution in [0.15, 0.2) is 12.2 Å². The highest BCUT2D eigenvalue weighted by molar-refractivity contribution is 5.76. The molecule has 0 aliphatic carbocycles. The molecule has 0 heterocycles. The van der Waals surface area contributed by atoms with Crippen LogP contribution in [0.5, 0.6) is 0 Å². The topological polar surface area (TPSA) is 95.9 Å². The SMILES string of the molecule is CCCCCCC/C=C\CCCCCCCC(=O)OCCCCCCCCCCCC(=O)NC(CO)C(O)CCCCCCCCCCCCCCCCCCCCCCCCCCC. The van der Waals surface area contributed by atoms with Gasteiger partial charge in [0.05, 0.1) is 25.4 Å². The number of rotatable bonds is 55. The highest BCUT2D eigenvalue weighted by atomic mass is 16.5. The van der Waals surface area contributed by atoms with E-state index in [0.717, 1.165) is 57.8 Å². The Balaban J connectivity index is 3.46. The summed E-state index contributed by atoms with van der Waals surface area (Å²) >= 11 is 0. The summed E-state index contributed by atoms with van der Waals surface area (Å²) in [5.41, 5.74) is 0. The first-order valence-electron chi connectivity index (χ1n) is 29.4. The maximum absolute atomic E-state index is 12.5. The Bertz CT molecular complexity index is 970. The minimum Gasteiger partial charge on any atom is -0.466 e. The predicted octanol–water partition coefficient (Wildman–Crippen LogP) is 18.1. The van der Waals surface area contributed by atoms with E-state index < -0.39 is 12.1 Å². The molecule has 2 atom stereocenters. The highest BCUT2D eigenvalue weighted by Crippen LogP contribution is 2.18. The lowest BCUT2D eigenvalue weighted by atomic mass is 10.0. The van der Waals surface area contributed by atoms with Crippen molar-refractivity contribution >= 4 is 11.9 Å². The number of unbranched alkanes of at least 4 members (excludes halogenated alkanes) is 42. The van der Waals surface area contributed by atoms with E-state index in [-0.39, 0.29) is 18.5 Å². The number of hydrogen-bond acceptors (Lipinski definition) is 5. The van der Waals surface area contributed by atoms with Crippen LogP contribution in [0, 0.1) is 0 Å². The number of amides is 1. The average molecular weight is 919 g/mol. The molecule has 6 heteroatoms. The third-order valence-electron chi connectivity index (χ3n) is 13.8. The standard InChI is InChI=1S/C59H115NO5/c1-3-5-7-9-11-13-15-17-19-20-21-22-23-24-25-26-27-28-29-30-32-35-39-43-47-51-57(62)56(55-61)60-58(63)52-48-44-40-36-34-38-42-46-50-54-65-59(64)53-49-45-41-37-33-31-18-16-14-12-10-8-6-4-2/h16,18,56-57,61-62H,3-15,17,19-55H2,1-2H3,(H,60,63)/b18-16-. The molecule has 0 rings (SSSR count). The third kappa shape index (κ3) is 51.8. The molecule has 3 N–H and O–H groups in total. The first kappa shape index (κ1) is 63.6. The van der Waals surface area contributed by atoms with E-state index in [4.69, 9.17) is 4.74 Å². The van der Waals surface area contributed by atoms with Crippen LogP contribution >= 0.6 is 0 Å². The molecule has 6 nitrogen and oxygen atoms in total. The summed E-state index contributed by atoms with van der Waals surface area (Å²) in [4.78, 5) is 24.5. The van der Waals surface area contributed by atoms with Crippen LogP contribution in [0.2, 0.25) is 0 Å². The molecule has 0 saturated carbocycles. The third-order valence-corrected chi connectivity index (χ3v) is 13.8. The molecule has 0 aromatic heterocycles. The largest absolute Gasteiger partial charge is 0.466 e. The first-order valence-corrected chi connectivity index (χ1v) is 29.4. The molecule has 0 saturated heterocycles. The Labute approximate surface area is 406 Å². The quantitative estimate of drug-likeness (QED) is 0.0321. The van der Waals surface area contributed by atoms with Crippen LogP contribution in [-0.2, 0) is 14.3 Å². The molecule has 0 aromatic rings. The number of allylic oxidation sites excluding steroid dienone is 2. The summed E-state index contributed by atoms with van der Waals surface area (Å²) in [7, 11) is 0. The second kappa shape index (κ2) is 55.2. The zero-order valence-corrected chi connectivity index (χ0v) is 44.0. The molecule has 2 unspecified atom stereocenters. The summed E-state index contributed by atoms with van der Waals surface area (Å²) in [5.74, 6) is -0.0913. The maximum atomic E-state index is 12.5. The number of nitrogens with one attached hydrogen (secondary N) is 1. The minimum atomic E-state index is -0.683. The molecule has 0 aliphatic heterocycles. The van der Waals surface area contributed by atoms with Gasteiger partial charge in [0.1, 0.15) is 0 Å². The number of ether oxygens (including phenoxy) is 1. The monoisotopic (exact) mass is 918 g/mol. The molecule has 386 valence electrons. The van der Waals surface area contributed by atoms with Gasteiger partial charge in [0, 0.05) is 12.8 Å². The van der Waals surface area contributed by atoms with E-state index in [2.05, 4.69) is 31.3 Å². The van der Waals surface area contributed by atoms with Gasteiger partial charge in [0.15, 0.2) is 0 Å². The minimum absolute atomic E-state index is 0.0321. The van der Waals surface area contributed by atoms with Gasteiger partial charge in [0.2, 0.25) is 5.91 Å². The predicted molar refractivity (Wildman–Crippen MR) is 283 cm³/mol. The Morgan fingerprint density at radius 3 is 1.09 bits per heavy atom. The van der Waals surface area contributed by atoms with Gasteiger partial charge in [-0.3, -0.25) is 9.59 Å². The molecule has 0 radical (unpaired) electrons. The summed E-state index contributed by atoms with van der Waals surface area (Å²) < 4.78 is 5.45. The lowest BCUT2D eigenvalue weighted by Crippen LogP contribution is -2.45. The number of esters is 1. The number of aliphatic hydroxyl groups excluding tert-OH is 2. The fourth-order valence-electron chi connectivity index (χ4n) is 9.28. The molecule has 65 heavy (non-hydrogen) atoms. The zero-order chi connectivity index (χ0) is 47.2. The van der Waals surface area contributed by atoms with Crippen molar-refractivity contribution in [3.05, 3.63) is 12.2 Å². The van der Waals surface area contributed by atoms with E-state index in [0.29, 0.717) is 25.9 Å². The van der Waals surface area contributed by atoms with E-state index in [1.54, 1.807) is 0 Å². The van der Waals surface area contributed by atoms with Crippen LogP contribution in [0.25, 0.3) is 0 Å². The fraction of sp³-hybridized carbons (Fsp3) is 0.932. The lowest BCUT2D eigenvalue weighted by Gasteiger charge is -2.22. The highest BCUT2D eigenvalue weighted by Gasteiger charge is 2.20. The van der Waals surface area contributed by atoms with Crippen molar-refractivity contribution in [1.29, 1.82) is 0 Å². The molecule has 0 bridgehead atoms. The molecule has 0 fully saturated rings. The van der Waals surface area contributed by atoms with Gasteiger partial charge in [-0.2, -0.15) is 0 Å². The van der Waals surface area contributed by atoms with Gasteiger partial charge in [-0.15, -0.1) is 0 Å². The molecule has 1 amide bonds. The average Bonchev–Trinajstić information content (AvgIpc) is 3.31. The van der Waals surface area contributed by atoms with E-state index in [1.807, 2.05) is 0 Å². The fourth-order valence-corrected chi connectivity index (χ4v) is 9.28. The summed E-state index contributed by atoms with van der Waals surface area (Å²) in [6, 6.07) is -0.562. The van der Waals surface area contributed by atoms with E-state index >= 15 is 0 Å². The number of carbonyl (C=O) groups excluding carboxylic acids is 2. The Kier molecular flexibility index (Phi) is 54.0. The van der Waals surface area contributed by atoms with Gasteiger partial charge in [-0.1, -0.05) is 276 Å². The zero-order valence-electron chi connectivity index (χ0n) is 44.0. The normalized spacial score (nSPS) is 12.6. The lowest BCUT2D eigenvalue weighted by molar-refractivity contribution is -0.143. The number of carbonyl (C=O) groups is 2. The number of aliphatic hydroxyl groups is 2. The van der Waals surface area contributed by atoms with Gasteiger partial charge < -0.3 is 20.3 Å². The van der Waals surface area contributed by atoms with Crippen molar-refractivity contribution in [1.82, 2.24) is 5.32 Å². The van der Waals surface area contributed by atoms with Crippen LogP contribution in [0.1, 0.15) is 328 Å². The van der Waals surface area contributed by atoms with Gasteiger partial charge in [0.25, 0.3) is 0 Å². The van der Waals surface area contributed by atoms with Crippen molar-refractivity contribution in [3.8, 4) is 0 Å². The molecule has 0 aromatic carbocycles. The van der Waals surface area contributed by atoms with E-state index in [1.165, 1.54) is 238 Å². The smallest absolute Gasteiger partial charge is 0.305 e. The van der Waals surface area contributed by atoms with Gasteiger partial charge in [-0.25, -0.2) is 0 Å². The Hall–Kier alpha value is -1.40. The summed E-state index contributed by atoms with van der Waals surface area (Å²) in [6.45, 7) is 4.90. The van der Waals surface area contributed by atoms with Crippen molar-refractivity contribution in [3.63, 3.8) is 0 Å².